The summed E-state index contributed by atoms with van der Waals surface area (Å²) in [5.74, 6) is 1.29. The fraction of sp³-hybridized carbons (Fsp3) is 0.263. The molecule has 0 atom stereocenters. The first-order valence-electron chi connectivity index (χ1n) is 8.44. The average Bonchev–Trinajstić information content (AvgIpc) is 2.68. The molecule has 3 aromatic rings. The van der Waals surface area contributed by atoms with Gasteiger partial charge < -0.3 is 20.1 Å². The Labute approximate surface area is 161 Å². The van der Waals surface area contributed by atoms with Crippen LogP contribution in [-0.2, 0) is 0 Å². The normalized spacial score (nSPS) is 10.8. The van der Waals surface area contributed by atoms with Crippen LogP contribution in [0.2, 0.25) is 5.02 Å². The predicted molar refractivity (Wildman–Crippen MR) is 105 cm³/mol. The number of hydrogen-bond acceptors (Lipinski definition) is 6. The summed E-state index contributed by atoms with van der Waals surface area (Å²) in [7, 11) is 3.48. The van der Waals surface area contributed by atoms with Crippen molar-refractivity contribution in [3.8, 4) is 11.5 Å². The van der Waals surface area contributed by atoms with E-state index in [9.17, 15) is 4.39 Å². The largest absolute Gasteiger partial charge is 0.493 e. The highest BCUT2D eigenvalue weighted by molar-refractivity contribution is 6.31. The molecule has 0 aliphatic heterocycles. The molecule has 6 nitrogen and oxygen atoms in total. The van der Waals surface area contributed by atoms with E-state index in [4.69, 9.17) is 21.1 Å². The van der Waals surface area contributed by atoms with Gasteiger partial charge in [0, 0.05) is 17.1 Å². The third-order valence-electron chi connectivity index (χ3n) is 3.93. The van der Waals surface area contributed by atoms with Gasteiger partial charge in [-0.1, -0.05) is 11.6 Å². The number of methoxy groups -OCH3 is 1. The topological polar surface area (TPSA) is 68.3 Å². The Bertz CT molecular complexity index is 939. The minimum absolute atomic E-state index is 0.0357. The Morgan fingerprint density at radius 1 is 1.15 bits per heavy atom. The van der Waals surface area contributed by atoms with Crippen molar-refractivity contribution in [3.63, 3.8) is 0 Å². The van der Waals surface area contributed by atoms with E-state index in [-0.39, 0.29) is 5.02 Å². The van der Waals surface area contributed by atoms with Crippen LogP contribution < -0.4 is 20.1 Å². The van der Waals surface area contributed by atoms with Crippen LogP contribution in [0.15, 0.2) is 36.7 Å². The van der Waals surface area contributed by atoms with Gasteiger partial charge in [0.1, 0.15) is 18.0 Å². The Hall–Kier alpha value is -2.64. The molecule has 1 heterocycles. The van der Waals surface area contributed by atoms with Gasteiger partial charge in [-0.2, -0.15) is 0 Å². The molecule has 2 aromatic carbocycles. The lowest BCUT2D eigenvalue weighted by Gasteiger charge is -2.14. The third-order valence-corrected chi connectivity index (χ3v) is 4.22. The standard InChI is InChI=1S/C19H20ClFN4O2/c1-22-6-3-7-27-18-9-13-16(10-17(18)26-2)23-11-24-19(13)25-12-4-5-15(21)14(20)8-12/h4-5,8-11,22H,3,6-7H2,1-2H3,(H,23,24,25). The zero-order valence-electron chi connectivity index (χ0n) is 15.1. The summed E-state index contributed by atoms with van der Waals surface area (Å²) in [6.07, 6.45) is 2.31. The first-order valence-corrected chi connectivity index (χ1v) is 8.82. The van der Waals surface area contributed by atoms with Crippen molar-refractivity contribution in [2.45, 2.75) is 6.42 Å². The van der Waals surface area contributed by atoms with Crippen molar-refractivity contribution in [1.29, 1.82) is 0 Å². The predicted octanol–water partition coefficient (Wildman–Crippen LogP) is 4.16. The van der Waals surface area contributed by atoms with E-state index >= 15 is 0 Å². The first-order chi connectivity index (χ1) is 13.1. The monoisotopic (exact) mass is 390 g/mol. The summed E-state index contributed by atoms with van der Waals surface area (Å²) in [6, 6.07) is 8.03. The number of nitrogens with one attached hydrogen (secondary N) is 2. The molecule has 0 amide bonds. The number of halogens is 2. The highest BCUT2D eigenvalue weighted by Gasteiger charge is 2.12. The van der Waals surface area contributed by atoms with E-state index < -0.39 is 5.82 Å². The molecule has 1 aromatic heterocycles. The molecule has 2 N–H and O–H groups in total. The van der Waals surface area contributed by atoms with Gasteiger partial charge in [-0.15, -0.1) is 0 Å². The van der Waals surface area contributed by atoms with Crippen LogP contribution in [-0.4, -0.2) is 37.3 Å². The Morgan fingerprint density at radius 3 is 2.74 bits per heavy atom. The molecule has 0 fully saturated rings. The second-order valence-electron chi connectivity index (χ2n) is 5.80. The molecule has 0 radical (unpaired) electrons. The average molecular weight is 391 g/mol. The quantitative estimate of drug-likeness (QED) is 0.563. The lowest BCUT2D eigenvalue weighted by Crippen LogP contribution is -2.11. The van der Waals surface area contributed by atoms with Crippen LogP contribution in [0.4, 0.5) is 15.9 Å². The number of nitrogens with zero attached hydrogens (tertiary/aromatic N) is 2. The second-order valence-corrected chi connectivity index (χ2v) is 6.21. The number of anilines is 2. The fourth-order valence-corrected chi connectivity index (χ4v) is 2.76. The van der Waals surface area contributed by atoms with E-state index in [2.05, 4.69) is 20.6 Å². The molecule has 0 bridgehead atoms. The van der Waals surface area contributed by atoms with Gasteiger partial charge in [0.05, 0.1) is 24.3 Å². The molecule has 8 heteroatoms. The number of ether oxygens (including phenoxy) is 2. The summed E-state index contributed by atoms with van der Waals surface area (Å²) in [4.78, 5) is 8.59. The van der Waals surface area contributed by atoms with Gasteiger partial charge >= 0.3 is 0 Å². The minimum atomic E-state index is -0.475. The molecule has 0 unspecified atom stereocenters. The van der Waals surface area contributed by atoms with E-state index in [0.29, 0.717) is 35.1 Å². The van der Waals surface area contributed by atoms with Gasteiger partial charge in [0.25, 0.3) is 0 Å². The lowest BCUT2D eigenvalue weighted by atomic mass is 10.2. The molecular formula is C19H20ClFN4O2. The SMILES string of the molecule is CNCCCOc1cc2c(Nc3ccc(F)c(Cl)c3)ncnc2cc1OC. The van der Waals surface area contributed by atoms with Crippen molar-refractivity contribution in [2.75, 3.05) is 32.6 Å². The van der Waals surface area contributed by atoms with Crippen LogP contribution in [0.5, 0.6) is 11.5 Å². The van der Waals surface area contributed by atoms with E-state index in [1.54, 1.807) is 19.2 Å². The maximum absolute atomic E-state index is 13.4. The highest BCUT2D eigenvalue weighted by atomic mass is 35.5. The maximum atomic E-state index is 13.4. The van der Waals surface area contributed by atoms with Gasteiger partial charge in [-0.05, 0) is 44.3 Å². The molecule has 0 spiro atoms. The van der Waals surface area contributed by atoms with Crippen LogP contribution in [0.3, 0.4) is 0 Å². The van der Waals surface area contributed by atoms with Crippen LogP contribution in [0.25, 0.3) is 10.9 Å². The fourth-order valence-electron chi connectivity index (χ4n) is 2.58. The number of fused-ring (bicyclic) bond motifs is 1. The molecule has 142 valence electrons. The van der Waals surface area contributed by atoms with Crippen molar-refractivity contribution < 1.29 is 13.9 Å². The van der Waals surface area contributed by atoms with Crippen LogP contribution >= 0.6 is 11.6 Å². The second kappa shape index (κ2) is 8.83. The van der Waals surface area contributed by atoms with Crippen LogP contribution in [0, 0.1) is 5.82 Å². The highest BCUT2D eigenvalue weighted by Crippen LogP contribution is 2.35. The molecule has 3 rings (SSSR count). The van der Waals surface area contributed by atoms with Crippen molar-refractivity contribution in [2.24, 2.45) is 0 Å². The molecule has 27 heavy (non-hydrogen) atoms. The molecular weight excluding hydrogens is 371 g/mol. The van der Waals surface area contributed by atoms with Crippen molar-refractivity contribution in [3.05, 3.63) is 47.5 Å². The molecule has 0 aliphatic rings. The summed E-state index contributed by atoms with van der Waals surface area (Å²) in [5.41, 5.74) is 1.31. The zero-order valence-corrected chi connectivity index (χ0v) is 15.8. The number of hydrogen-bond donors (Lipinski definition) is 2. The molecule has 0 aliphatic carbocycles. The Balaban J connectivity index is 1.94. The Morgan fingerprint density at radius 2 is 2.00 bits per heavy atom. The lowest BCUT2D eigenvalue weighted by molar-refractivity contribution is 0.289. The van der Waals surface area contributed by atoms with Gasteiger partial charge in [0.2, 0.25) is 0 Å². The Kier molecular flexibility index (Phi) is 6.26. The van der Waals surface area contributed by atoms with E-state index in [1.165, 1.54) is 18.5 Å². The number of rotatable bonds is 8. The molecule has 0 saturated carbocycles. The summed E-state index contributed by atoms with van der Waals surface area (Å²) < 4.78 is 24.7. The zero-order chi connectivity index (χ0) is 19.2. The van der Waals surface area contributed by atoms with Crippen molar-refractivity contribution >= 4 is 34.0 Å². The van der Waals surface area contributed by atoms with Gasteiger partial charge in [-0.3, -0.25) is 0 Å². The van der Waals surface area contributed by atoms with E-state index in [1.807, 2.05) is 13.1 Å². The number of benzene rings is 2. The van der Waals surface area contributed by atoms with E-state index in [0.717, 1.165) is 18.4 Å². The van der Waals surface area contributed by atoms with Crippen LogP contribution in [0.1, 0.15) is 6.42 Å². The summed E-state index contributed by atoms with van der Waals surface area (Å²) >= 11 is 5.86. The van der Waals surface area contributed by atoms with Crippen molar-refractivity contribution in [1.82, 2.24) is 15.3 Å². The number of aromatic nitrogens is 2. The van der Waals surface area contributed by atoms with Gasteiger partial charge in [-0.25, -0.2) is 14.4 Å². The smallest absolute Gasteiger partial charge is 0.162 e. The summed E-state index contributed by atoms with van der Waals surface area (Å²) in [5, 5.41) is 7.01. The first kappa shape index (κ1) is 19.1. The third kappa shape index (κ3) is 4.56. The maximum Gasteiger partial charge on any atom is 0.162 e. The van der Waals surface area contributed by atoms with Gasteiger partial charge in [0.15, 0.2) is 11.5 Å². The molecule has 0 saturated heterocycles. The summed E-state index contributed by atoms with van der Waals surface area (Å²) in [6.45, 7) is 1.41. The minimum Gasteiger partial charge on any atom is -0.493 e.